The van der Waals surface area contributed by atoms with E-state index in [4.69, 9.17) is 0 Å². The van der Waals surface area contributed by atoms with Gasteiger partial charge < -0.3 is 15.2 Å². The normalized spacial score (nSPS) is 12.3. The minimum atomic E-state index is -1.25. The molecular weight excluding hydrogens is 202 g/mol. The lowest BCUT2D eigenvalue weighted by molar-refractivity contribution is -0.251. The summed E-state index contributed by atoms with van der Waals surface area (Å²) in [6.45, 7) is 1.80. The van der Waals surface area contributed by atoms with Crippen molar-refractivity contribution in [3.8, 4) is 0 Å². The third-order valence-electron chi connectivity index (χ3n) is 2.62. The fourth-order valence-electron chi connectivity index (χ4n) is 1.88. The molecule has 2 aromatic rings. The Hall–Kier alpha value is -2.03. The maximum absolute atomic E-state index is 10.5. The summed E-state index contributed by atoms with van der Waals surface area (Å²) in [5.41, 5.74) is 0.960. The number of carbonyl (C=O) groups excluding carboxylic acids is 1. The van der Waals surface area contributed by atoms with Crippen LogP contribution in [0.15, 0.2) is 42.5 Å². The van der Waals surface area contributed by atoms with E-state index in [1.807, 2.05) is 42.5 Å². The smallest absolute Gasteiger partial charge is 0.134 e. The molecule has 0 aromatic heterocycles. The maximum Gasteiger partial charge on any atom is 0.134 e. The predicted molar refractivity (Wildman–Crippen MR) is 60.9 cm³/mol. The number of carboxylic acid groups (broad SMARTS) is 1. The number of benzene rings is 2. The van der Waals surface area contributed by atoms with E-state index in [1.165, 1.54) is 0 Å². The molecule has 2 rings (SSSR count). The quantitative estimate of drug-likeness (QED) is 0.829. The number of carbonyl (C=O) groups is 1. The highest BCUT2D eigenvalue weighted by atomic mass is 16.4. The van der Waals surface area contributed by atoms with E-state index in [0.717, 1.165) is 16.3 Å². The summed E-state index contributed by atoms with van der Waals surface area (Å²) in [5.74, 6) is 0. The molecule has 0 saturated carbocycles. The van der Waals surface area contributed by atoms with Crippen LogP contribution >= 0.6 is 0 Å². The highest BCUT2D eigenvalue weighted by Gasteiger charge is 2.07. The Kier molecular flexibility index (Phi) is 2.77. The zero-order chi connectivity index (χ0) is 11.5. The van der Waals surface area contributed by atoms with Gasteiger partial charge in [0.1, 0.15) is 6.09 Å². The third kappa shape index (κ3) is 1.98. The summed E-state index contributed by atoms with van der Waals surface area (Å²) in [5, 5.41) is 15.0. The van der Waals surface area contributed by atoms with Crippen molar-refractivity contribution in [2.75, 3.05) is 0 Å². The molecular formula is C13H12NO2-. The third-order valence-corrected chi connectivity index (χ3v) is 2.62. The summed E-state index contributed by atoms with van der Waals surface area (Å²) in [4.78, 5) is 10.5. The Morgan fingerprint density at radius 2 is 1.88 bits per heavy atom. The summed E-state index contributed by atoms with van der Waals surface area (Å²) >= 11 is 0. The second kappa shape index (κ2) is 4.23. The number of rotatable bonds is 2. The molecule has 16 heavy (non-hydrogen) atoms. The van der Waals surface area contributed by atoms with E-state index in [-0.39, 0.29) is 6.04 Å². The van der Waals surface area contributed by atoms with Gasteiger partial charge in [0.05, 0.1) is 6.04 Å². The van der Waals surface area contributed by atoms with Gasteiger partial charge in [0.25, 0.3) is 0 Å². The van der Waals surface area contributed by atoms with E-state index in [1.54, 1.807) is 6.92 Å². The molecule has 2 aromatic carbocycles. The fourth-order valence-corrected chi connectivity index (χ4v) is 1.88. The number of fused-ring (bicyclic) bond motifs is 1. The molecule has 0 fully saturated rings. The minimum Gasteiger partial charge on any atom is -0.530 e. The van der Waals surface area contributed by atoms with Gasteiger partial charge in [-0.25, -0.2) is 0 Å². The van der Waals surface area contributed by atoms with Crippen LogP contribution in [-0.4, -0.2) is 6.09 Å². The van der Waals surface area contributed by atoms with Gasteiger partial charge in [-0.05, 0) is 23.3 Å². The van der Waals surface area contributed by atoms with Gasteiger partial charge in [0.15, 0.2) is 0 Å². The zero-order valence-electron chi connectivity index (χ0n) is 8.94. The Morgan fingerprint density at radius 3 is 2.62 bits per heavy atom. The summed E-state index contributed by atoms with van der Waals surface area (Å²) in [6.07, 6.45) is -1.25. The highest BCUT2D eigenvalue weighted by molar-refractivity contribution is 5.86. The molecule has 0 aliphatic rings. The lowest BCUT2D eigenvalue weighted by atomic mass is 10.00. The van der Waals surface area contributed by atoms with Crippen LogP contribution in [0, 0.1) is 0 Å². The van der Waals surface area contributed by atoms with Crippen LogP contribution in [-0.2, 0) is 0 Å². The van der Waals surface area contributed by atoms with E-state index in [0.29, 0.717) is 0 Å². The Morgan fingerprint density at radius 1 is 1.19 bits per heavy atom. The van der Waals surface area contributed by atoms with Crippen molar-refractivity contribution in [1.82, 2.24) is 5.32 Å². The number of nitrogens with one attached hydrogen (secondary N) is 1. The molecule has 0 unspecified atom stereocenters. The van der Waals surface area contributed by atoms with Gasteiger partial charge in [-0.3, -0.25) is 0 Å². The van der Waals surface area contributed by atoms with Crippen molar-refractivity contribution in [2.45, 2.75) is 13.0 Å². The second-order valence-corrected chi connectivity index (χ2v) is 3.72. The van der Waals surface area contributed by atoms with E-state index in [9.17, 15) is 9.90 Å². The van der Waals surface area contributed by atoms with Crippen LogP contribution in [0.4, 0.5) is 4.79 Å². The molecule has 0 aliphatic carbocycles. The van der Waals surface area contributed by atoms with Crippen LogP contribution in [0.5, 0.6) is 0 Å². The second-order valence-electron chi connectivity index (χ2n) is 3.72. The van der Waals surface area contributed by atoms with Crippen LogP contribution in [0.2, 0.25) is 0 Å². The van der Waals surface area contributed by atoms with Crippen molar-refractivity contribution < 1.29 is 9.90 Å². The minimum absolute atomic E-state index is 0.268. The van der Waals surface area contributed by atoms with Crippen molar-refractivity contribution >= 4 is 16.9 Å². The first kappa shape index (κ1) is 10.5. The van der Waals surface area contributed by atoms with E-state index >= 15 is 0 Å². The standard InChI is InChI=1S/C13H13NO2/c1-9(14-13(15)16)11-8-4-6-10-5-2-3-7-12(10)11/h2-9,14H,1H3,(H,15,16)/p-1/t9-/m1/s1. The number of hydrogen-bond acceptors (Lipinski definition) is 2. The molecule has 82 valence electrons. The first-order valence-electron chi connectivity index (χ1n) is 5.13. The summed E-state index contributed by atoms with van der Waals surface area (Å²) in [6, 6.07) is 13.5. The molecule has 3 nitrogen and oxygen atoms in total. The highest BCUT2D eigenvalue weighted by Crippen LogP contribution is 2.23. The molecule has 3 heteroatoms. The molecule has 0 radical (unpaired) electrons. The van der Waals surface area contributed by atoms with Gasteiger partial charge in [-0.2, -0.15) is 0 Å². The van der Waals surface area contributed by atoms with Gasteiger partial charge >= 0.3 is 0 Å². The average molecular weight is 214 g/mol. The van der Waals surface area contributed by atoms with Crippen molar-refractivity contribution in [3.63, 3.8) is 0 Å². The molecule has 0 aliphatic heterocycles. The fraction of sp³-hybridized carbons (Fsp3) is 0.154. The molecule has 0 spiro atoms. The lowest BCUT2D eigenvalue weighted by Crippen LogP contribution is -2.38. The maximum atomic E-state index is 10.5. The lowest BCUT2D eigenvalue weighted by Gasteiger charge is -2.17. The number of amides is 1. The summed E-state index contributed by atoms with van der Waals surface area (Å²) in [7, 11) is 0. The Balaban J connectivity index is 2.47. The van der Waals surface area contributed by atoms with Crippen LogP contribution in [0.25, 0.3) is 10.8 Å². The van der Waals surface area contributed by atoms with E-state index in [2.05, 4.69) is 5.32 Å². The van der Waals surface area contributed by atoms with Crippen LogP contribution < -0.4 is 10.4 Å². The first-order valence-corrected chi connectivity index (χ1v) is 5.13. The molecule has 1 amide bonds. The van der Waals surface area contributed by atoms with Crippen LogP contribution in [0.1, 0.15) is 18.5 Å². The zero-order valence-corrected chi connectivity index (χ0v) is 8.94. The Bertz CT molecular complexity index is 517. The van der Waals surface area contributed by atoms with Crippen molar-refractivity contribution in [2.24, 2.45) is 0 Å². The first-order chi connectivity index (χ1) is 7.68. The van der Waals surface area contributed by atoms with Gasteiger partial charge in [0.2, 0.25) is 0 Å². The monoisotopic (exact) mass is 214 g/mol. The SMILES string of the molecule is C[C@@H](NC(=O)[O-])c1cccc2ccccc12. The van der Waals surface area contributed by atoms with E-state index < -0.39 is 6.09 Å². The topological polar surface area (TPSA) is 52.2 Å². The summed E-state index contributed by atoms with van der Waals surface area (Å²) < 4.78 is 0. The number of hydrogen-bond donors (Lipinski definition) is 1. The van der Waals surface area contributed by atoms with Gasteiger partial charge in [-0.15, -0.1) is 0 Å². The Labute approximate surface area is 93.7 Å². The molecule has 0 saturated heterocycles. The largest absolute Gasteiger partial charge is 0.530 e. The molecule has 1 atom stereocenters. The van der Waals surface area contributed by atoms with Gasteiger partial charge in [-0.1, -0.05) is 42.5 Å². The average Bonchev–Trinajstić information content (AvgIpc) is 2.27. The van der Waals surface area contributed by atoms with Crippen molar-refractivity contribution in [1.29, 1.82) is 0 Å². The molecule has 0 heterocycles. The molecule has 1 N–H and O–H groups in total. The predicted octanol–water partition coefficient (Wildman–Crippen LogP) is 1.83. The van der Waals surface area contributed by atoms with Crippen molar-refractivity contribution in [3.05, 3.63) is 48.0 Å². The van der Waals surface area contributed by atoms with Gasteiger partial charge in [0, 0.05) is 0 Å². The molecule has 0 bridgehead atoms. The van der Waals surface area contributed by atoms with Crippen LogP contribution in [0.3, 0.4) is 0 Å².